The molecule has 0 radical (unpaired) electrons. The van der Waals surface area contributed by atoms with Crippen molar-refractivity contribution in [3.8, 4) is 0 Å². The molecule has 3 atom stereocenters. The molecule has 0 saturated heterocycles. The zero-order valence-electron chi connectivity index (χ0n) is 21.1. The fourth-order valence-corrected chi connectivity index (χ4v) is 6.26. The van der Waals surface area contributed by atoms with Gasteiger partial charge in [0, 0.05) is 26.2 Å². The Kier molecular flexibility index (Phi) is 7.42. The monoisotopic (exact) mass is 514 g/mol. The van der Waals surface area contributed by atoms with Gasteiger partial charge in [0.05, 0.1) is 22.2 Å². The number of pyridine rings is 1. The summed E-state index contributed by atoms with van der Waals surface area (Å²) in [5.41, 5.74) is 4.48. The molecule has 7 nitrogen and oxygen atoms in total. The Morgan fingerprint density at radius 2 is 2.06 bits per heavy atom. The highest BCUT2D eigenvalue weighted by Crippen LogP contribution is 2.66. The van der Waals surface area contributed by atoms with Crippen molar-refractivity contribution in [3.05, 3.63) is 23.8 Å². The molecule has 0 aromatic carbocycles. The molecule has 34 heavy (non-hydrogen) atoms. The van der Waals surface area contributed by atoms with E-state index in [9.17, 15) is 13.6 Å². The van der Waals surface area contributed by atoms with E-state index < -0.39 is 42.7 Å². The number of nitrogen functional groups attached to an aromatic ring is 1. The predicted octanol–water partition coefficient (Wildman–Crippen LogP) is 5.40. The summed E-state index contributed by atoms with van der Waals surface area (Å²) in [6, 6.07) is 2.41. The topological polar surface area (TPSA) is 90.0 Å². The number of carbonyl (C=O) groups is 1. The van der Waals surface area contributed by atoms with Crippen molar-refractivity contribution in [3.63, 3.8) is 0 Å². The number of hydrogen-bond donors (Lipinski definition) is 1. The third-order valence-corrected chi connectivity index (χ3v) is 9.18. The van der Waals surface area contributed by atoms with Gasteiger partial charge in [0.1, 0.15) is 19.0 Å². The van der Waals surface area contributed by atoms with Gasteiger partial charge >= 0.3 is 6.09 Å². The number of thioether (sulfide) groups is 1. The maximum atomic E-state index is 14.8. The first-order valence-electron chi connectivity index (χ1n) is 11.4. The predicted molar refractivity (Wildman–Crippen MR) is 135 cm³/mol. The first-order chi connectivity index (χ1) is 15.6. The molecule has 1 amide bonds. The second-order valence-corrected chi connectivity index (χ2v) is 18.5. The van der Waals surface area contributed by atoms with Crippen LogP contribution in [0.1, 0.15) is 39.7 Å². The van der Waals surface area contributed by atoms with Crippen LogP contribution in [0.5, 0.6) is 0 Å². The van der Waals surface area contributed by atoms with Crippen molar-refractivity contribution in [1.29, 1.82) is 0 Å². The molecule has 190 valence electrons. The highest BCUT2D eigenvalue weighted by atomic mass is 32.2. The number of aliphatic imine (C=N–C) groups is 1. The van der Waals surface area contributed by atoms with Gasteiger partial charge < -0.3 is 15.2 Å². The number of anilines is 1. The number of halogens is 2. The third kappa shape index (κ3) is 5.91. The maximum absolute atomic E-state index is 14.8. The molecule has 11 heteroatoms. The molecule has 1 aliphatic carbocycles. The summed E-state index contributed by atoms with van der Waals surface area (Å²) in [7, 11) is -1.34. The van der Waals surface area contributed by atoms with E-state index in [2.05, 4.69) is 24.6 Å². The number of nitrogens with zero attached hydrogens (tertiary/aromatic N) is 3. The molecule has 1 fully saturated rings. The van der Waals surface area contributed by atoms with Crippen LogP contribution in [0.25, 0.3) is 0 Å². The first kappa shape index (κ1) is 26.9. The molecule has 2 heterocycles. The molecule has 1 aromatic rings. The molecular weight excluding hydrogens is 478 g/mol. The van der Waals surface area contributed by atoms with Gasteiger partial charge in [-0.05, 0) is 46.2 Å². The van der Waals surface area contributed by atoms with Gasteiger partial charge in [-0.2, -0.15) is 4.39 Å². The van der Waals surface area contributed by atoms with Crippen LogP contribution in [0.4, 0.5) is 19.3 Å². The summed E-state index contributed by atoms with van der Waals surface area (Å²) in [4.78, 5) is 23.0. The van der Waals surface area contributed by atoms with Gasteiger partial charge in [0.15, 0.2) is 5.17 Å². The van der Waals surface area contributed by atoms with Crippen molar-refractivity contribution < 1.29 is 23.0 Å². The zero-order valence-corrected chi connectivity index (χ0v) is 22.9. The quantitative estimate of drug-likeness (QED) is 0.227. The number of amides is 1. The summed E-state index contributed by atoms with van der Waals surface area (Å²) < 4.78 is 39.8. The fraction of sp³-hybridized carbons (Fsp3) is 0.696. The Morgan fingerprint density at radius 3 is 2.65 bits per heavy atom. The van der Waals surface area contributed by atoms with Crippen LogP contribution in [-0.4, -0.2) is 59.6 Å². The number of nitrogens with two attached hydrogens (primary N) is 1. The number of rotatable bonds is 7. The van der Waals surface area contributed by atoms with Crippen LogP contribution in [0.15, 0.2) is 17.3 Å². The van der Waals surface area contributed by atoms with Gasteiger partial charge in [-0.25, -0.2) is 19.1 Å². The van der Waals surface area contributed by atoms with E-state index >= 15 is 0 Å². The minimum absolute atomic E-state index is 0.0913. The van der Waals surface area contributed by atoms with Crippen molar-refractivity contribution in [2.24, 2.45) is 10.9 Å². The molecule has 2 aliphatic rings. The van der Waals surface area contributed by atoms with Crippen LogP contribution >= 0.6 is 11.8 Å². The fourth-order valence-electron chi connectivity index (χ4n) is 3.99. The van der Waals surface area contributed by atoms with Gasteiger partial charge in [0.2, 0.25) is 5.95 Å². The number of amidine groups is 1. The second kappa shape index (κ2) is 9.38. The lowest BCUT2D eigenvalue weighted by molar-refractivity contribution is 0.0110. The zero-order chi connectivity index (χ0) is 25.5. The minimum atomic E-state index is -1.34. The maximum Gasteiger partial charge on any atom is 0.418 e. The average Bonchev–Trinajstić information content (AvgIpc) is 3.44. The summed E-state index contributed by atoms with van der Waals surface area (Å²) in [5, 5.41) is 0.248. The Bertz CT molecular complexity index is 969. The Hall–Kier alpha value is -1.72. The highest BCUT2D eigenvalue weighted by Gasteiger charge is 2.67. The second-order valence-electron chi connectivity index (χ2n) is 11.5. The Labute approximate surface area is 205 Å². The van der Waals surface area contributed by atoms with E-state index in [-0.39, 0.29) is 29.1 Å². The number of hydrogen-bond acceptors (Lipinski definition) is 7. The van der Waals surface area contributed by atoms with E-state index in [1.807, 2.05) is 0 Å². The lowest BCUT2D eigenvalue weighted by Gasteiger charge is -2.37. The number of ether oxygens (including phenoxy) is 2. The molecule has 1 aromatic heterocycles. The summed E-state index contributed by atoms with van der Waals surface area (Å²) in [6.45, 7) is 13.5. The van der Waals surface area contributed by atoms with E-state index in [4.69, 9.17) is 20.2 Å². The van der Waals surface area contributed by atoms with E-state index in [0.717, 1.165) is 6.04 Å². The number of aromatic nitrogens is 1. The number of alkyl halides is 1. The van der Waals surface area contributed by atoms with Crippen molar-refractivity contribution in [2.45, 2.75) is 75.7 Å². The highest BCUT2D eigenvalue weighted by molar-refractivity contribution is 8.15. The first-order valence-corrected chi connectivity index (χ1v) is 16.0. The van der Waals surface area contributed by atoms with Gasteiger partial charge in [-0.3, -0.25) is 4.99 Å². The molecule has 2 N–H and O–H groups in total. The molecule has 1 aliphatic heterocycles. The molecule has 1 saturated carbocycles. The molecule has 0 spiro atoms. The number of fused-ring (bicyclic) bond motifs is 1. The summed E-state index contributed by atoms with van der Waals surface area (Å²) in [5.74, 6) is -0.966. The standard InChI is InChI=1S/C23H36F2N4O3SSi/c1-21(2,3)32-20(30)29(14-31-8-9-34(5,6)7)19-28-22(4,17-11-23(17,13-24)33-19)16-10-15(26)12-27-18(16)25/h10,12,17H,8-9,11,13-14,26H2,1-7H3/t17?,22-,23?/m1/s1. The summed E-state index contributed by atoms with van der Waals surface area (Å²) >= 11 is 1.20. The van der Waals surface area contributed by atoms with Crippen LogP contribution in [-0.2, 0) is 15.0 Å². The molecule has 0 bridgehead atoms. The molecule has 2 unspecified atom stereocenters. The van der Waals surface area contributed by atoms with Crippen molar-refractivity contribution in [2.75, 3.05) is 25.7 Å². The van der Waals surface area contributed by atoms with Gasteiger partial charge in [-0.15, -0.1) is 0 Å². The summed E-state index contributed by atoms with van der Waals surface area (Å²) in [6.07, 6.45) is 1.08. The largest absolute Gasteiger partial charge is 0.443 e. The molecular formula is C23H36F2N4O3SSi. The minimum Gasteiger partial charge on any atom is -0.443 e. The van der Waals surface area contributed by atoms with E-state index in [1.54, 1.807) is 27.7 Å². The lowest BCUT2D eigenvalue weighted by atomic mass is 9.87. The lowest BCUT2D eigenvalue weighted by Crippen LogP contribution is -2.46. The van der Waals surface area contributed by atoms with Crippen LogP contribution in [0.2, 0.25) is 25.7 Å². The van der Waals surface area contributed by atoms with Crippen LogP contribution in [0, 0.1) is 11.9 Å². The van der Waals surface area contributed by atoms with Crippen LogP contribution < -0.4 is 5.73 Å². The third-order valence-electron chi connectivity index (χ3n) is 6.02. The van der Waals surface area contributed by atoms with E-state index in [1.165, 1.54) is 28.9 Å². The SMILES string of the molecule is CC(C)(C)OC(=O)N(COCC[Si](C)(C)C)C1=N[C@](C)(c2cc(N)cnc2F)C2CC2(CF)S1. The van der Waals surface area contributed by atoms with Gasteiger partial charge in [0.25, 0.3) is 0 Å². The van der Waals surface area contributed by atoms with Crippen LogP contribution in [0.3, 0.4) is 0 Å². The Morgan fingerprint density at radius 1 is 1.38 bits per heavy atom. The van der Waals surface area contributed by atoms with Gasteiger partial charge in [-0.1, -0.05) is 31.4 Å². The molecule has 3 rings (SSSR count). The van der Waals surface area contributed by atoms with Crippen molar-refractivity contribution >= 4 is 36.8 Å². The average molecular weight is 515 g/mol. The smallest absolute Gasteiger partial charge is 0.418 e. The Balaban J connectivity index is 1.98. The normalized spacial score (nSPS) is 26.5. The number of carbonyl (C=O) groups excluding carboxylic acids is 1. The van der Waals surface area contributed by atoms with E-state index in [0.29, 0.717) is 13.0 Å². The van der Waals surface area contributed by atoms with Crippen molar-refractivity contribution in [1.82, 2.24) is 9.88 Å².